The van der Waals surface area contributed by atoms with Gasteiger partial charge in [-0.15, -0.1) is 0 Å². The first-order valence-corrected chi connectivity index (χ1v) is 5.84. The predicted molar refractivity (Wildman–Crippen MR) is 74.8 cm³/mol. The van der Waals surface area contributed by atoms with Crippen LogP contribution in [0.3, 0.4) is 0 Å². The SMILES string of the molecule is [CH2]c1cccc(C(=O)N(C)c2ccc(C)cc2)c1. The second kappa shape index (κ2) is 5.05. The second-order valence-electron chi connectivity index (χ2n) is 4.40. The van der Waals surface area contributed by atoms with Gasteiger partial charge < -0.3 is 4.90 Å². The van der Waals surface area contributed by atoms with E-state index in [1.54, 1.807) is 18.0 Å². The van der Waals surface area contributed by atoms with Gasteiger partial charge in [0.05, 0.1) is 0 Å². The molecule has 2 heteroatoms. The van der Waals surface area contributed by atoms with Gasteiger partial charge in [-0.2, -0.15) is 0 Å². The lowest BCUT2D eigenvalue weighted by Gasteiger charge is -2.17. The van der Waals surface area contributed by atoms with Crippen LogP contribution in [0.15, 0.2) is 48.5 Å². The molecule has 0 N–H and O–H groups in total. The number of rotatable bonds is 2. The van der Waals surface area contributed by atoms with Crippen molar-refractivity contribution < 1.29 is 4.79 Å². The number of anilines is 1. The van der Waals surface area contributed by atoms with Crippen molar-refractivity contribution >= 4 is 11.6 Å². The highest BCUT2D eigenvalue weighted by Crippen LogP contribution is 2.16. The molecule has 0 aliphatic carbocycles. The molecule has 91 valence electrons. The van der Waals surface area contributed by atoms with Crippen molar-refractivity contribution in [2.24, 2.45) is 0 Å². The molecule has 2 aromatic carbocycles. The van der Waals surface area contributed by atoms with Crippen LogP contribution in [-0.4, -0.2) is 13.0 Å². The molecule has 1 amide bonds. The van der Waals surface area contributed by atoms with Crippen LogP contribution in [0.4, 0.5) is 5.69 Å². The summed E-state index contributed by atoms with van der Waals surface area (Å²) >= 11 is 0. The van der Waals surface area contributed by atoms with Crippen molar-refractivity contribution in [3.63, 3.8) is 0 Å². The Hall–Kier alpha value is -2.09. The Morgan fingerprint density at radius 1 is 1.11 bits per heavy atom. The lowest BCUT2D eigenvalue weighted by Crippen LogP contribution is -2.26. The second-order valence-corrected chi connectivity index (χ2v) is 4.40. The summed E-state index contributed by atoms with van der Waals surface area (Å²) in [5, 5.41) is 0. The van der Waals surface area contributed by atoms with E-state index in [2.05, 4.69) is 6.92 Å². The standard InChI is InChI=1S/C16H16NO/c1-12-7-9-15(10-8-12)17(3)16(18)14-6-4-5-13(2)11-14/h4-11H,2H2,1,3H3. The Morgan fingerprint density at radius 3 is 2.39 bits per heavy atom. The van der Waals surface area contributed by atoms with Crippen molar-refractivity contribution in [1.29, 1.82) is 0 Å². The summed E-state index contributed by atoms with van der Waals surface area (Å²) in [6.45, 7) is 5.86. The number of hydrogen-bond acceptors (Lipinski definition) is 1. The predicted octanol–water partition coefficient (Wildman–Crippen LogP) is 3.45. The maximum absolute atomic E-state index is 12.3. The summed E-state index contributed by atoms with van der Waals surface area (Å²) in [6.07, 6.45) is 0. The van der Waals surface area contributed by atoms with Crippen molar-refractivity contribution in [1.82, 2.24) is 0 Å². The normalized spacial score (nSPS) is 10.2. The van der Waals surface area contributed by atoms with Crippen LogP contribution >= 0.6 is 0 Å². The lowest BCUT2D eigenvalue weighted by atomic mass is 10.1. The van der Waals surface area contributed by atoms with Gasteiger partial charge in [0, 0.05) is 18.3 Å². The molecule has 2 rings (SSSR count). The fourth-order valence-corrected chi connectivity index (χ4v) is 1.78. The smallest absolute Gasteiger partial charge is 0.258 e. The largest absolute Gasteiger partial charge is 0.311 e. The molecule has 0 atom stereocenters. The van der Waals surface area contributed by atoms with Crippen molar-refractivity contribution in [3.05, 3.63) is 72.1 Å². The van der Waals surface area contributed by atoms with E-state index in [1.165, 1.54) is 5.56 Å². The molecule has 2 nitrogen and oxygen atoms in total. The van der Waals surface area contributed by atoms with Crippen molar-refractivity contribution in [2.75, 3.05) is 11.9 Å². The fourth-order valence-electron chi connectivity index (χ4n) is 1.78. The molecule has 0 fully saturated rings. The van der Waals surface area contributed by atoms with E-state index < -0.39 is 0 Å². The Bertz CT molecular complexity index is 558. The third kappa shape index (κ3) is 2.59. The first kappa shape index (κ1) is 12.4. The van der Waals surface area contributed by atoms with Gasteiger partial charge in [-0.25, -0.2) is 0 Å². The number of aryl methyl sites for hydroxylation is 1. The number of hydrogen-bond donors (Lipinski definition) is 0. The molecular formula is C16H16NO. The third-order valence-electron chi connectivity index (χ3n) is 2.90. The molecule has 18 heavy (non-hydrogen) atoms. The van der Waals surface area contributed by atoms with Gasteiger partial charge in [0.25, 0.3) is 5.91 Å². The summed E-state index contributed by atoms with van der Waals surface area (Å²) in [5.41, 5.74) is 3.57. The molecular weight excluding hydrogens is 222 g/mol. The lowest BCUT2D eigenvalue weighted by molar-refractivity contribution is 0.0993. The maximum atomic E-state index is 12.3. The van der Waals surface area contributed by atoms with Gasteiger partial charge in [0.2, 0.25) is 0 Å². The van der Waals surface area contributed by atoms with Gasteiger partial charge in [0.15, 0.2) is 0 Å². The van der Waals surface area contributed by atoms with Crippen molar-refractivity contribution in [3.8, 4) is 0 Å². The molecule has 0 unspecified atom stereocenters. The first-order valence-electron chi connectivity index (χ1n) is 5.84. The molecule has 0 saturated carbocycles. The number of nitrogens with zero attached hydrogens (tertiary/aromatic N) is 1. The van der Waals surface area contributed by atoms with Gasteiger partial charge in [-0.05, 0) is 43.7 Å². The van der Waals surface area contributed by atoms with E-state index in [0.29, 0.717) is 5.56 Å². The Kier molecular flexibility index (Phi) is 3.47. The van der Waals surface area contributed by atoms with Crippen LogP contribution in [0.1, 0.15) is 21.5 Å². The summed E-state index contributed by atoms with van der Waals surface area (Å²) in [4.78, 5) is 13.9. The first-order chi connectivity index (χ1) is 8.58. The van der Waals surface area contributed by atoms with E-state index in [4.69, 9.17) is 0 Å². The number of carbonyl (C=O) groups is 1. The summed E-state index contributed by atoms with van der Waals surface area (Å²) in [7, 11) is 1.78. The molecule has 0 aliphatic rings. The van der Waals surface area contributed by atoms with E-state index >= 15 is 0 Å². The average Bonchev–Trinajstić information content (AvgIpc) is 2.38. The summed E-state index contributed by atoms with van der Waals surface area (Å²) in [5.74, 6) is -0.0237. The molecule has 0 heterocycles. The molecule has 0 spiro atoms. The molecule has 1 radical (unpaired) electrons. The summed E-state index contributed by atoms with van der Waals surface area (Å²) < 4.78 is 0. The number of amides is 1. The maximum Gasteiger partial charge on any atom is 0.258 e. The van der Waals surface area contributed by atoms with Crippen LogP contribution in [0, 0.1) is 13.8 Å². The zero-order valence-electron chi connectivity index (χ0n) is 10.7. The number of carbonyl (C=O) groups excluding carboxylic acids is 1. The van der Waals surface area contributed by atoms with Crippen LogP contribution in [0.25, 0.3) is 0 Å². The third-order valence-corrected chi connectivity index (χ3v) is 2.90. The van der Waals surface area contributed by atoms with Gasteiger partial charge >= 0.3 is 0 Å². The van der Waals surface area contributed by atoms with Crippen LogP contribution in [0.2, 0.25) is 0 Å². The highest BCUT2D eigenvalue weighted by molar-refractivity contribution is 6.05. The monoisotopic (exact) mass is 238 g/mol. The molecule has 0 aliphatic heterocycles. The zero-order chi connectivity index (χ0) is 13.1. The molecule has 0 aromatic heterocycles. The highest BCUT2D eigenvalue weighted by atomic mass is 16.2. The highest BCUT2D eigenvalue weighted by Gasteiger charge is 2.12. The van der Waals surface area contributed by atoms with Gasteiger partial charge in [0.1, 0.15) is 0 Å². The minimum Gasteiger partial charge on any atom is -0.311 e. The Labute approximate surface area is 108 Å². The minimum absolute atomic E-state index is 0.0237. The van der Waals surface area contributed by atoms with Crippen LogP contribution in [-0.2, 0) is 0 Å². The zero-order valence-corrected chi connectivity index (χ0v) is 10.7. The molecule has 2 aromatic rings. The van der Waals surface area contributed by atoms with E-state index in [-0.39, 0.29) is 5.91 Å². The average molecular weight is 238 g/mol. The molecule has 0 saturated heterocycles. The summed E-state index contributed by atoms with van der Waals surface area (Å²) in [6, 6.07) is 15.2. The van der Waals surface area contributed by atoms with Crippen LogP contribution in [0.5, 0.6) is 0 Å². The van der Waals surface area contributed by atoms with E-state index in [9.17, 15) is 4.79 Å². The van der Waals surface area contributed by atoms with Gasteiger partial charge in [-0.3, -0.25) is 4.79 Å². The number of benzene rings is 2. The Balaban J connectivity index is 2.26. The van der Waals surface area contributed by atoms with Crippen molar-refractivity contribution in [2.45, 2.75) is 6.92 Å². The van der Waals surface area contributed by atoms with Gasteiger partial charge in [-0.1, -0.05) is 29.8 Å². The fraction of sp³-hybridized carbons (Fsp3) is 0.125. The Morgan fingerprint density at radius 2 is 1.78 bits per heavy atom. The van der Waals surface area contributed by atoms with Crippen LogP contribution < -0.4 is 4.90 Å². The quantitative estimate of drug-likeness (QED) is 0.784. The van der Waals surface area contributed by atoms with E-state index in [1.807, 2.05) is 49.4 Å². The molecule has 0 bridgehead atoms. The minimum atomic E-state index is -0.0237. The topological polar surface area (TPSA) is 20.3 Å². The van der Waals surface area contributed by atoms with E-state index in [0.717, 1.165) is 11.3 Å².